The van der Waals surface area contributed by atoms with Gasteiger partial charge in [-0.05, 0) is 51.1 Å². The number of carbonyl (C=O) groups excluding carboxylic acids is 1. The van der Waals surface area contributed by atoms with Crippen molar-refractivity contribution in [2.75, 3.05) is 5.73 Å². The largest absolute Gasteiger partial charge is 0.513 e. The zero-order chi connectivity index (χ0) is 22.5. The van der Waals surface area contributed by atoms with Crippen molar-refractivity contribution < 1.29 is 36.3 Å². The van der Waals surface area contributed by atoms with Gasteiger partial charge in [-0.1, -0.05) is 18.2 Å². The van der Waals surface area contributed by atoms with Crippen molar-refractivity contribution in [1.82, 2.24) is 5.09 Å². The van der Waals surface area contributed by atoms with Crippen molar-refractivity contribution >= 4 is 19.4 Å². The molecule has 0 saturated carbocycles. The SMILES string of the molecule is CC(C)OC(=O)[C@H](C)NP(=O)(Oc1ccccc1)Oc1ccc(C(F)(F)F)cc1N. The lowest BCUT2D eigenvalue weighted by atomic mass is 10.2. The molecule has 0 spiro atoms. The zero-order valence-corrected chi connectivity index (χ0v) is 17.4. The zero-order valence-electron chi connectivity index (χ0n) is 16.5. The Morgan fingerprint density at radius 3 is 2.23 bits per heavy atom. The quantitative estimate of drug-likeness (QED) is 0.342. The second-order valence-electron chi connectivity index (χ2n) is 6.58. The third-order valence-corrected chi connectivity index (χ3v) is 5.17. The minimum absolute atomic E-state index is 0.142. The first-order valence-corrected chi connectivity index (χ1v) is 10.4. The molecule has 2 aromatic rings. The van der Waals surface area contributed by atoms with Crippen LogP contribution in [0.1, 0.15) is 26.3 Å². The van der Waals surface area contributed by atoms with E-state index in [1.165, 1.54) is 19.1 Å². The number of nitrogens with two attached hydrogens (primary N) is 1. The molecule has 0 saturated heterocycles. The van der Waals surface area contributed by atoms with Gasteiger partial charge < -0.3 is 19.5 Å². The van der Waals surface area contributed by atoms with Crippen molar-refractivity contribution in [3.8, 4) is 11.5 Å². The van der Waals surface area contributed by atoms with Gasteiger partial charge in [-0.3, -0.25) is 4.79 Å². The number of para-hydroxylation sites is 1. The van der Waals surface area contributed by atoms with Crippen LogP contribution in [0.4, 0.5) is 18.9 Å². The fraction of sp³-hybridized carbons (Fsp3) is 0.316. The Balaban J connectivity index is 2.32. The summed E-state index contributed by atoms with van der Waals surface area (Å²) in [6.07, 6.45) is -5.02. The first-order valence-electron chi connectivity index (χ1n) is 8.89. The summed E-state index contributed by atoms with van der Waals surface area (Å²) in [5.41, 5.74) is 4.26. The second kappa shape index (κ2) is 9.40. The summed E-state index contributed by atoms with van der Waals surface area (Å²) in [4.78, 5) is 12.1. The second-order valence-corrected chi connectivity index (χ2v) is 8.20. The number of hydrogen-bond acceptors (Lipinski definition) is 6. The molecule has 0 amide bonds. The third kappa shape index (κ3) is 6.67. The van der Waals surface area contributed by atoms with E-state index < -0.39 is 43.3 Å². The molecule has 0 heterocycles. The minimum atomic E-state index is -4.61. The molecule has 2 aromatic carbocycles. The summed E-state index contributed by atoms with van der Waals surface area (Å²) in [5, 5.41) is 2.43. The summed E-state index contributed by atoms with van der Waals surface area (Å²) in [6.45, 7) is 4.67. The number of halogens is 3. The lowest BCUT2D eigenvalue weighted by Crippen LogP contribution is -2.36. The Kier molecular flexibility index (Phi) is 7.39. The van der Waals surface area contributed by atoms with Crippen LogP contribution in [0.25, 0.3) is 0 Å². The standard InChI is InChI=1S/C19H22F3N2O5P/c1-12(2)27-18(25)13(3)24-30(26,28-15-7-5-4-6-8-15)29-17-10-9-14(11-16(17)23)19(20,21)22/h4-13H,23H2,1-3H3,(H,24,26)/t13-,30?/m0/s1. The molecular weight excluding hydrogens is 424 g/mol. The van der Waals surface area contributed by atoms with Gasteiger partial charge in [0, 0.05) is 0 Å². The molecule has 0 bridgehead atoms. The molecule has 0 aliphatic rings. The van der Waals surface area contributed by atoms with Crippen molar-refractivity contribution in [2.24, 2.45) is 0 Å². The minimum Gasteiger partial charge on any atom is -0.462 e. The van der Waals surface area contributed by atoms with E-state index in [0.29, 0.717) is 6.07 Å². The summed E-state index contributed by atoms with van der Waals surface area (Å²) >= 11 is 0. The first kappa shape index (κ1) is 23.6. The summed E-state index contributed by atoms with van der Waals surface area (Å²) in [5.74, 6) is -0.881. The highest BCUT2D eigenvalue weighted by molar-refractivity contribution is 7.52. The Morgan fingerprint density at radius 2 is 1.70 bits per heavy atom. The van der Waals surface area contributed by atoms with E-state index in [2.05, 4.69) is 5.09 Å². The molecule has 0 aromatic heterocycles. The van der Waals surface area contributed by atoms with Crippen molar-refractivity contribution in [3.05, 3.63) is 54.1 Å². The van der Waals surface area contributed by atoms with Gasteiger partial charge in [-0.15, -0.1) is 0 Å². The van der Waals surface area contributed by atoms with Crippen LogP contribution in [-0.2, 0) is 20.3 Å². The van der Waals surface area contributed by atoms with Gasteiger partial charge in [-0.25, -0.2) is 4.57 Å². The lowest BCUT2D eigenvalue weighted by molar-refractivity contribution is -0.149. The Bertz CT molecular complexity index is 922. The van der Waals surface area contributed by atoms with Crippen LogP contribution in [0.5, 0.6) is 11.5 Å². The van der Waals surface area contributed by atoms with Gasteiger partial charge in [0.15, 0.2) is 5.75 Å². The highest BCUT2D eigenvalue weighted by Gasteiger charge is 2.36. The Labute approximate surface area is 171 Å². The van der Waals surface area contributed by atoms with Crippen LogP contribution < -0.4 is 19.9 Å². The highest BCUT2D eigenvalue weighted by atomic mass is 31.2. The molecular formula is C19H22F3N2O5P. The van der Waals surface area contributed by atoms with E-state index in [9.17, 15) is 22.5 Å². The van der Waals surface area contributed by atoms with E-state index in [4.69, 9.17) is 19.5 Å². The summed E-state index contributed by atoms with van der Waals surface area (Å²) < 4.78 is 67.7. The molecule has 11 heteroatoms. The molecule has 1 unspecified atom stereocenters. The van der Waals surface area contributed by atoms with Crippen LogP contribution in [0.15, 0.2) is 48.5 Å². The number of rotatable bonds is 8. The average molecular weight is 446 g/mol. The van der Waals surface area contributed by atoms with Gasteiger partial charge >= 0.3 is 19.9 Å². The summed E-state index contributed by atoms with van der Waals surface area (Å²) in [6, 6.07) is 9.10. The Hall–Kier alpha value is -2.71. The van der Waals surface area contributed by atoms with Crippen molar-refractivity contribution in [2.45, 2.75) is 39.1 Å². The number of hydrogen-bond donors (Lipinski definition) is 2. The predicted octanol–water partition coefficient (Wildman–Crippen LogP) is 4.78. The molecule has 30 heavy (non-hydrogen) atoms. The van der Waals surface area contributed by atoms with E-state index in [0.717, 1.165) is 12.1 Å². The highest BCUT2D eigenvalue weighted by Crippen LogP contribution is 2.47. The van der Waals surface area contributed by atoms with E-state index in [-0.39, 0.29) is 11.5 Å². The van der Waals surface area contributed by atoms with Crippen LogP contribution in [0.3, 0.4) is 0 Å². The van der Waals surface area contributed by atoms with E-state index in [1.54, 1.807) is 32.0 Å². The molecule has 0 aliphatic heterocycles. The molecule has 0 radical (unpaired) electrons. The Morgan fingerprint density at radius 1 is 1.07 bits per heavy atom. The fourth-order valence-corrected chi connectivity index (χ4v) is 3.80. The first-order chi connectivity index (χ1) is 13.9. The topological polar surface area (TPSA) is 99.9 Å². The molecule has 3 N–H and O–H groups in total. The van der Waals surface area contributed by atoms with Crippen LogP contribution in [0.2, 0.25) is 0 Å². The van der Waals surface area contributed by atoms with Crippen LogP contribution in [-0.4, -0.2) is 18.1 Å². The summed E-state index contributed by atoms with van der Waals surface area (Å²) in [7, 11) is -4.31. The average Bonchev–Trinajstić information content (AvgIpc) is 2.62. The number of nitrogens with one attached hydrogen (secondary N) is 1. The molecule has 0 fully saturated rings. The normalized spacial score (nSPS) is 14.6. The predicted molar refractivity (Wildman–Crippen MR) is 105 cm³/mol. The molecule has 7 nitrogen and oxygen atoms in total. The van der Waals surface area contributed by atoms with Crippen LogP contribution >= 0.6 is 7.75 Å². The lowest BCUT2D eigenvalue weighted by Gasteiger charge is -2.24. The van der Waals surface area contributed by atoms with Gasteiger partial charge in [0.1, 0.15) is 11.8 Å². The number of esters is 1. The molecule has 2 atom stereocenters. The maximum Gasteiger partial charge on any atom is 0.513 e. The maximum atomic E-state index is 13.3. The third-order valence-electron chi connectivity index (χ3n) is 3.58. The van der Waals surface area contributed by atoms with Gasteiger partial charge in [0.2, 0.25) is 0 Å². The van der Waals surface area contributed by atoms with Crippen molar-refractivity contribution in [1.29, 1.82) is 0 Å². The fourth-order valence-electron chi connectivity index (χ4n) is 2.25. The smallest absolute Gasteiger partial charge is 0.462 e. The van der Waals surface area contributed by atoms with Gasteiger partial charge in [0.25, 0.3) is 0 Å². The number of benzene rings is 2. The van der Waals surface area contributed by atoms with Gasteiger partial charge in [-0.2, -0.15) is 18.3 Å². The van der Waals surface area contributed by atoms with Crippen molar-refractivity contribution in [3.63, 3.8) is 0 Å². The van der Waals surface area contributed by atoms with E-state index in [1.807, 2.05) is 0 Å². The van der Waals surface area contributed by atoms with Crippen LogP contribution in [0, 0.1) is 0 Å². The number of carbonyl (C=O) groups is 1. The number of nitrogen functional groups attached to an aromatic ring is 1. The molecule has 0 aliphatic carbocycles. The van der Waals surface area contributed by atoms with E-state index >= 15 is 0 Å². The number of ether oxygens (including phenoxy) is 1. The number of anilines is 1. The molecule has 164 valence electrons. The monoisotopic (exact) mass is 446 g/mol. The van der Waals surface area contributed by atoms with Gasteiger partial charge in [0.05, 0.1) is 17.4 Å². The number of alkyl halides is 3. The molecule has 2 rings (SSSR count). The maximum absolute atomic E-state index is 13.3.